The molecule has 1 aromatic heterocycles. The molecule has 1 aliphatic rings. The first-order valence-electron chi connectivity index (χ1n) is 7.25. The molecular formula is C16H19N3O3. The van der Waals surface area contributed by atoms with E-state index in [0.29, 0.717) is 18.8 Å². The maximum atomic E-state index is 12.0. The molecule has 0 radical (unpaired) electrons. The molecule has 0 saturated carbocycles. The molecule has 0 unspecified atom stereocenters. The summed E-state index contributed by atoms with van der Waals surface area (Å²) in [5, 5.41) is 7.44. The molecule has 1 aliphatic heterocycles. The van der Waals surface area contributed by atoms with Crippen molar-refractivity contribution in [3.05, 3.63) is 40.7 Å². The summed E-state index contributed by atoms with van der Waals surface area (Å²) in [5.41, 5.74) is 3.60. The summed E-state index contributed by atoms with van der Waals surface area (Å²) in [5.74, 6) is 1.40. The second kappa shape index (κ2) is 5.71. The molecule has 22 heavy (non-hydrogen) atoms. The van der Waals surface area contributed by atoms with Gasteiger partial charge in [-0.1, -0.05) is 6.92 Å². The fourth-order valence-electron chi connectivity index (χ4n) is 2.78. The predicted octanol–water partition coefficient (Wildman–Crippen LogP) is 1.75. The van der Waals surface area contributed by atoms with Crippen molar-refractivity contribution in [2.45, 2.75) is 26.4 Å². The average molecular weight is 301 g/mol. The highest BCUT2D eigenvalue weighted by Crippen LogP contribution is 2.27. The summed E-state index contributed by atoms with van der Waals surface area (Å²) >= 11 is 0. The van der Waals surface area contributed by atoms with Gasteiger partial charge in [0.2, 0.25) is 0 Å². The molecule has 2 aromatic rings. The van der Waals surface area contributed by atoms with Crippen molar-refractivity contribution >= 4 is 5.91 Å². The first-order valence-corrected chi connectivity index (χ1v) is 7.25. The number of nitrogens with zero attached hydrogens (tertiary/aromatic N) is 2. The fourth-order valence-corrected chi connectivity index (χ4v) is 2.78. The van der Waals surface area contributed by atoms with Gasteiger partial charge < -0.3 is 14.8 Å². The number of amides is 1. The van der Waals surface area contributed by atoms with E-state index < -0.39 is 0 Å². The zero-order valence-electron chi connectivity index (χ0n) is 13.0. The molecule has 0 bridgehead atoms. The molecule has 6 heteroatoms. The van der Waals surface area contributed by atoms with Crippen LogP contribution in [-0.2, 0) is 19.5 Å². The Hall–Kier alpha value is -2.50. The first kappa shape index (κ1) is 14.4. The Labute approximate surface area is 129 Å². The minimum atomic E-state index is -0.0605. The number of benzene rings is 1. The van der Waals surface area contributed by atoms with Crippen LogP contribution in [0, 0.1) is 0 Å². The maximum Gasteiger partial charge on any atom is 0.270 e. The highest BCUT2D eigenvalue weighted by atomic mass is 16.5. The number of ether oxygens (including phenoxy) is 2. The van der Waals surface area contributed by atoms with Crippen molar-refractivity contribution in [2.75, 3.05) is 14.2 Å². The number of nitrogens with one attached hydrogen (secondary N) is 1. The van der Waals surface area contributed by atoms with Gasteiger partial charge in [-0.3, -0.25) is 9.48 Å². The Morgan fingerprint density at radius 1 is 1.32 bits per heavy atom. The van der Waals surface area contributed by atoms with Gasteiger partial charge in [0.25, 0.3) is 5.91 Å². The van der Waals surface area contributed by atoms with Gasteiger partial charge in [-0.25, -0.2) is 0 Å². The largest absolute Gasteiger partial charge is 0.497 e. The quantitative estimate of drug-likeness (QED) is 0.914. The molecule has 3 rings (SSSR count). The zero-order valence-corrected chi connectivity index (χ0v) is 13.0. The monoisotopic (exact) mass is 301 g/mol. The third kappa shape index (κ3) is 2.30. The van der Waals surface area contributed by atoms with Gasteiger partial charge in [-0.2, -0.15) is 5.10 Å². The van der Waals surface area contributed by atoms with Gasteiger partial charge in [-0.05, 0) is 18.6 Å². The lowest BCUT2D eigenvalue weighted by molar-refractivity contribution is 0.0956. The molecule has 0 atom stereocenters. The number of aromatic nitrogens is 2. The van der Waals surface area contributed by atoms with Gasteiger partial charge in [0.1, 0.15) is 17.2 Å². The van der Waals surface area contributed by atoms with Crippen LogP contribution in [-0.4, -0.2) is 29.9 Å². The molecule has 0 saturated heterocycles. The van der Waals surface area contributed by atoms with Gasteiger partial charge in [0.15, 0.2) is 0 Å². The highest BCUT2D eigenvalue weighted by molar-refractivity contribution is 5.97. The summed E-state index contributed by atoms with van der Waals surface area (Å²) in [7, 11) is 3.24. The molecule has 2 heterocycles. The van der Waals surface area contributed by atoms with Crippen LogP contribution in [0.1, 0.15) is 34.2 Å². The maximum absolute atomic E-state index is 12.0. The second-order valence-electron chi connectivity index (χ2n) is 5.15. The third-order valence-electron chi connectivity index (χ3n) is 3.92. The lowest BCUT2D eigenvalue weighted by atomic mass is 10.1. The van der Waals surface area contributed by atoms with Crippen LogP contribution in [0.4, 0.5) is 0 Å². The molecule has 1 aromatic carbocycles. The Morgan fingerprint density at radius 3 is 2.82 bits per heavy atom. The van der Waals surface area contributed by atoms with E-state index in [2.05, 4.69) is 10.4 Å². The summed E-state index contributed by atoms with van der Waals surface area (Å²) in [6.07, 6.45) is 0.810. The Kier molecular flexibility index (Phi) is 3.75. The number of aryl methyl sites for hydroxylation is 1. The number of rotatable bonds is 5. The molecular weight excluding hydrogens is 282 g/mol. The van der Waals surface area contributed by atoms with Gasteiger partial charge in [0.05, 0.1) is 26.5 Å². The number of hydrogen-bond acceptors (Lipinski definition) is 4. The van der Waals surface area contributed by atoms with Crippen molar-refractivity contribution in [3.63, 3.8) is 0 Å². The van der Waals surface area contributed by atoms with Crippen LogP contribution >= 0.6 is 0 Å². The van der Waals surface area contributed by atoms with Crippen molar-refractivity contribution in [3.8, 4) is 11.5 Å². The normalized spacial score (nSPS) is 13.0. The lowest BCUT2D eigenvalue weighted by Crippen LogP contribution is -2.19. The molecule has 0 fully saturated rings. The number of methoxy groups -OCH3 is 2. The van der Waals surface area contributed by atoms with E-state index in [9.17, 15) is 4.79 Å². The molecule has 0 aliphatic carbocycles. The molecule has 1 amide bonds. The molecule has 6 nitrogen and oxygen atoms in total. The van der Waals surface area contributed by atoms with Crippen LogP contribution in [0.15, 0.2) is 18.2 Å². The standard InChI is InChI=1S/C16H19N3O3/c1-4-13-12-8-17-16(20)15(12)19(18-13)9-10-5-6-11(21-2)7-14(10)22-3/h5-7H,4,8-9H2,1-3H3,(H,17,20). The van der Waals surface area contributed by atoms with Crippen LogP contribution in [0.25, 0.3) is 0 Å². The zero-order chi connectivity index (χ0) is 15.7. The van der Waals surface area contributed by atoms with Crippen molar-refractivity contribution in [1.82, 2.24) is 15.1 Å². The van der Waals surface area contributed by atoms with E-state index in [1.165, 1.54) is 0 Å². The summed E-state index contributed by atoms with van der Waals surface area (Å²) in [6.45, 7) is 3.10. The second-order valence-corrected chi connectivity index (χ2v) is 5.15. The Morgan fingerprint density at radius 2 is 2.14 bits per heavy atom. The molecule has 116 valence electrons. The summed E-state index contributed by atoms with van der Waals surface area (Å²) in [6, 6.07) is 5.65. The minimum Gasteiger partial charge on any atom is -0.497 e. The number of carbonyl (C=O) groups is 1. The van der Waals surface area contributed by atoms with E-state index in [1.54, 1.807) is 18.9 Å². The molecule has 1 N–H and O–H groups in total. The third-order valence-corrected chi connectivity index (χ3v) is 3.92. The van der Waals surface area contributed by atoms with Crippen LogP contribution in [0.5, 0.6) is 11.5 Å². The van der Waals surface area contributed by atoms with Crippen molar-refractivity contribution < 1.29 is 14.3 Å². The van der Waals surface area contributed by atoms with E-state index in [-0.39, 0.29) is 5.91 Å². The summed E-state index contributed by atoms with van der Waals surface area (Å²) in [4.78, 5) is 12.0. The SMILES string of the molecule is CCc1nn(Cc2ccc(OC)cc2OC)c2c1CNC2=O. The number of hydrogen-bond donors (Lipinski definition) is 1. The van der Waals surface area contributed by atoms with Crippen LogP contribution in [0.2, 0.25) is 0 Å². The summed E-state index contributed by atoms with van der Waals surface area (Å²) < 4.78 is 12.4. The topological polar surface area (TPSA) is 65.4 Å². The van der Waals surface area contributed by atoms with E-state index in [4.69, 9.17) is 9.47 Å². The fraction of sp³-hybridized carbons (Fsp3) is 0.375. The Bertz CT molecular complexity index is 722. The smallest absolute Gasteiger partial charge is 0.270 e. The van der Waals surface area contributed by atoms with Gasteiger partial charge in [-0.15, -0.1) is 0 Å². The Balaban J connectivity index is 1.99. The first-order chi connectivity index (χ1) is 10.7. The van der Waals surface area contributed by atoms with Crippen molar-refractivity contribution in [2.24, 2.45) is 0 Å². The highest BCUT2D eigenvalue weighted by Gasteiger charge is 2.28. The van der Waals surface area contributed by atoms with Gasteiger partial charge in [0, 0.05) is 23.7 Å². The van der Waals surface area contributed by atoms with Gasteiger partial charge >= 0.3 is 0 Å². The van der Waals surface area contributed by atoms with E-state index in [0.717, 1.165) is 34.7 Å². The van der Waals surface area contributed by atoms with Crippen LogP contribution < -0.4 is 14.8 Å². The van der Waals surface area contributed by atoms with Crippen molar-refractivity contribution in [1.29, 1.82) is 0 Å². The predicted molar refractivity (Wildman–Crippen MR) is 81.4 cm³/mol. The number of fused-ring (bicyclic) bond motifs is 1. The lowest BCUT2D eigenvalue weighted by Gasteiger charge is -2.11. The average Bonchev–Trinajstić information content (AvgIpc) is 3.09. The molecule has 0 spiro atoms. The minimum absolute atomic E-state index is 0.0605. The van der Waals surface area contributed by atoms with Crippen LogP contribution in [0.3, 0.4) is 0 Å². The number of carbonyl (C=O) groups excluding carboxylic acids is 1. The van der Waals surface area contributed by atoms with E-state index >= 15 is 0 Å². The van der Waals surface area contributed by atoms with E-state index in [1.807, 2.05) is 25.1 Å².